The summed E-state index contributed by atoms with van der Waals surface area (Å²) in [6.07, 6.45) is 3.40. The molecule has 3 rings (SSSR count). The standard InChI is InChI=1S/C18H21N3O/c1-13-7-15(10-20-9-13)18(22)21-11-16(8-19)17(12-21)14-5-3-2-4-6-14/h2-7,9-10,16-17H,8,11-12,19H2,1H3/t16-,17+/m1/s1. The fourth-order valence-corrected chi connectivity index (χ4v) is 3.21. The van der Waals surface area contributed by atoms with Crippen molar-refractivity contribution in [1.29, 1.82) is 0 Å². The van der Waals surface area contributed by atoms with Crippen LogP contribution in [0.4, 0.5) is 0 Å². The van der Waals surface area contributed by atoms with Gasteiger partial charge in [0, 0.05) is 31.4 Å². The van der Waals surface area contributed by atoms with Crippen LogP contribution in [0.2, 0.25) is 0 Å². The Bertz CT molecular complexity index is 656. The van der Waals surface area contributed by atoms with Gasteiger partial charge in [0.2, 0.25) is 0 Å². The highest BCUT2D eigenvalue weighted by Gasteiger charge is 2.35. The zero-order valence-corrected chi connectivity index (χ0v) is 12.8. The van der Waals surface area contributed by atoms with Gasteiger partial charge in [-0.15, -0.1) is 0 Å². The molecule has 1 amide bonds. The van der Waals surface area contributed by atoms with E-state index >= 15 is 0 Å². The summed E-state index contributed by atoms with van der Waals surface area (Å²) in [6, 6.07) is 12.2. The van der Waals surface area contributed by atoms with Crippen LogP contribution < -0.4 is 5.73 Å². The van der Waals surface area contributed by atoms with E-state index in [-0.39, 0.29) is 5.91 Å². The Morgan fingerprint density at radius 1 is 1.27 bits per heavy atom. The number of likely N-dealkylation sites (tertiary alicyclic amines) is 1. The molecule has 4 heteroatoms. The van der Waals surface area contributed by atoms with Crippen molar-refractivity contribution in [1.82, 2.24) is 9.88 Å². The molecular formula is C18H21N3O. The molecule has 2 heterocycles. The highest BCUT2D eigenvalue weighted by molar-refractivity contribution is 5.94. The Balaban J connectivity index is 1.81. The van der Waals surface area contributed by atoms with Crippen LogP contribution in [0.25, 0.3) is 0 Å². The van der Waals surface area contributed by atoms with Gasteiger partial charge < -0.3 is 10.6 Å². The fraction of sp³-hybridized carbons (Fsp3) is 0.333. The number of nitrogens with two attached hydrogens (primary N) is 1. The molecule has 1 fully saturated rings. The van der Waals surface area contributed by atoms with E-state index in [1.54, 1.807) is 12.4 Å². The van der Waals surface area contributed by atoms with Gasteiger partial charge in [-0.3, -0.25) is 9.78 Å². The first-order valence-electron chi connectivity index (χ1n) is 7.65. The van der Waals surface area contributed by atoms with Crippen molar-refractivity contribution in [2.75, 3.05) is 19.6 Å². The summed E-state index contributed by atoms with van der Waals surface area (Å²) in [5.74, 6) is 0.671. The number of carbonyl (C=O) groups excluding carboxylic acids is 1. The van der Waals surface area contributed by atoms with E-state index in [1.165, 1.54) is 5.56 Å². The molecule has 1 aliphatic heterocycles. The number of carbonyl (C=O) groups is 1. The number of aryl methyl sites for hydroxylation is 1. The van der Waals surface area contributed by atoms with Crippen molar-refractivity contribution in [3.05, 3.63) is 65.5 Å². The van der Waals surface area contributed by atoms with Crippen LogP contribution in [0.5, 0.6) is 0 Å². The SMILES string of the molecule is Cc1cncc(C(=O)N2C[C@@H](CN)[C@H](c3ccccc3)C2)c1. The summed E-state index contributed by atoms with van der Waals surface area (Å²) in [4.78, 5) is 18.7. The lowest BCUT2D eigenvalue weighted by molar-refractivity contribution is 0.0786. The van der Waals surface area contributed by atoms with Gasteiger partial charge in [0.25, 0.3) is 5.91 Å². The highest BCUT2D eigenvalue weighted by Crippen LogP contribution is 2.32. The Morgan fingerprint density at radius 2 is 2.05 bits per heavy atom. The maximum Gasteiger partial charge on any atom is 0.255 e. The molecule has 1 aromatic carbocycles. The molecule has 4 nitrogen and oxygen atoms in total. The van der Waals surface area contributed by atoms with E-state index in [2.05, 4.69) is 17.1 Å². The van der Waals surface area contributed by atoms with Crippen molar-refractivity contribution in [3.63, 3.8) is 0 Å². The minimum atomic E-state index is 0.0491. The number of amides is 1. The molecule has 0 radical (unpaired) electrons. The second-order valence-electron chi connectivity index (χ2n) is 5.97. The molecule has 22 heavy (non-hydrogen) atoms. The first-order valence-corrected chi connectivity index (χ1v) is 7.65. The largest absolute Gasteiger partial charge is 0.338 e. The van der Waals surface area contributed by atoms with Crippen molar-refractivity contribution >= 4 is 5.91 Å². The quantitative estimate of drug-likeness (QED) is 0.944. The summed E-state index contributed by atoms with van der Waals surface area (Å²) < 4.78 is 0. The van der Waals surface area contributed by atoms with Crippen LogP contribution in [-0.4, -0.2) is 35.4 Å². The monoisotopic (exact) mass is 295 g/mol. The molecule has 0 aliphatic carbocycles. The van der Waals surface area contributed by atoms with E-state index in [1.807, 2.05) is 36.1 Å². The molecule has 0 saturated carbocycles. The maximum absolute atomic E-state index is 12.7. The zero-order chi connectivity index (χ0) is 15.5. The first kappa shape index (κ1) is 14.7. The minimum Gasteiger partial charge on any atom is -0.338 e. The van der Waals surface area contributed by atoms with Crippen molar-refractivity contribution in [2.45, 2.75) is 12.8 Å². The number of hydrogen-bond donors (Lipinski definition) is 1. The normalized spacial score (nSPS) is 21.1. The van der Waals surface area contributed by atoms with Crippen LogP contribution >= 0.6 is 0 Å². The van der Waals surface area contributed by atoms with Gasteiger partial charge in [-0.25, -0.2) is 0 Å². The lowest BCUT2D eigenvalue weighted by atomic mass is 9.89. The Kier molecular flexibility index (Phi) is 4.20. The van der Waals surface area contributed by atoms with E-state index in [0.29, 0.717) is 30.5 Å². The molecular weight excluding hydrogens is 274 g/mol. The third-order valence-corrected chi connectivity index (χ3v) is 4.38. The topological polar surface area (TPSA) is 59.2 Å². The highest BCUT2D eigenvalue weighted by atomic mass is 16.2. The zero-order valence-electron chi connectivity index (χ0n) is 12.8. The van der Waals surface area contributed by atoms with E-state index in [4.69, 9.17) is 5.73 Å². The van der Waals surface area contributed by atoms with E-state index < -0.39 is 0 Å². The third kappa shape index (κ3) is 2.88. The van der Waals surface area contributed by atoms with Crippen molar-refractivity contribution < 1.29 is 4.79 Å². The van der Waals surface area contributed by atoms with Gasteiger partial charge in [0.1, 0.15) is 0 Å². The summed E-state index contributed by atoms with van der Waals surface area (Å²) in [6.45, 7) is 3.97. The smallest absolute Gasteiger partial charge is 0.255 e. The van der Waals surface area contributed by atoms with Gasteiger partial charge >= 0.3 is 0 Å². The van der Waals surface area contributed by atoms with E-state index in [9.17, 15) is 4.79 Å². The number of aromatic nitrogens is 1. The van der Waals surface area contributed by atoms with Crippen molar-refractivity contribution in [3.8, 4) is 0 Å². The van der Waals surface area contributed by atoms with Gasteiger partial charge in [-0.1, -0.05) is 30.3 Å². The molecule has 0 spiro atoms. The number of rotatable bonds is 3. The third-order valence-electron chi connectivity index (χ3n) is 4.38. The molecule has 114 valence electrons. The van der Waals surface area contributed by atoms with Gasteiger partial charge in [0.05, 0.1) is 5.56 Å². The summed E-state index contributed by atoms with van der Waals surface area (Å²) in [5.41, 5.74) is 8.85. The van der Waals surface area contributed by atoms with Gasteiger partial charge in [-0.2, -0.15) is 0 Å². The lowest BCUT2D eigenvalue weighted by Gasteiger charge is -2.17. The number of hydrogen-bond acceptors (Lipinski definition) is 3. The van der Waals surface area contributed by atoms with Crippen LogP contribution in [-0.2, 0) is 0 Å². The second-order valence-corrected chi connectivity index (χ2v) is 5.97. The second kappa shape index (κ2) is 6.28. The molecule has 0 unspecified atom stereocenters. The molecule has 0 bridgehead atoms. The van der Waals surface area contributed by atoms with E-state index in [0.717, 1.165) is 12.1 Å². The lowest BCUT2D eigenvalue weighted by Crippen LogP contribution is -2.30. The minimum absolute atomic E-state index is 0.0491. The average molecular weight is 295 g/mol. The average Bonchev–Trinajstić information content (AvgIpc) is 2.99. The van der Waals surface area contributed by atoms with Gasteiger partial charge in [0.15, 0.2) is 0 Å². The molecule has 1 aromatic heterocycles. The summed E-state index contributed by atoms with van der Waals surface area (Å²) in [5, 5.41) is 0. The van der Waals surface area contributed by atoms with Crippen molar-refractivity contribution in [2.24, 2.45) is 11.7 Å². The molecule has 2 aromatic rings. The number of nitrogens with zero attached hydrogens (tertiary/aromatic N) is 2. The summed E-state index contributed by atoms with van der Waals surface area (Å²) >= 11 is 0. The first-order chi connectivity index (χ1) is 10.7. The molecule has 1 saturated heterocycles. The van der Waals surface area contributed by atoms with Crippen LogP contribution in [0.3, 0.4) is 0 Å². The Labute approximate surface area is 131 Å². The fourth-order valence-electron chi connectivity index (χ4n) is 3.21. The predicted molar refractivity (Wildman–Crippen MR) is 86.6 cm³/mol. The van der Waals surface area contributed by atoms with Crippen LogP contribution in [0.15, 0.2) is 48.8 Å². The Morgan fingerprint density at radius 3 is 2.73 bits per heavy atom. The maximum atomic E-state index is 12.7. The Hall–Kier alpha value is -2.20. The number of benzene rings is 1. The summed E-state index contributed by atoms with van der Waals surface area (Å²) in [7, 11) is 0. The van der Waals surface area contributed by atoms with Gasteiger partial charge in [-0.05, 0) is 36.6 Å². The predicted octanol–water partition coefficient (Wildman–Crippen LogP) is 2.20. The number of pyridine rings is 1. The van der Waals surface area contributed by atoms with Crippen LogP contribution in [0.1, 0.15) is 27.4 Å². The van der Waals surface area contributed by atoms with Crippen LogP contribution in [0, 0.1) is 12.8 Å². The molecule has 2 atom stereocenters. The molecule has 2 N–H and O–H groups in total. The molecule has 1 aliphatic rings.